The molecule has 0 fully saturated rings. The highest BCUT2D eigenvalue weighted by Gasteiger charge is 2.20. The molecule has 4 rings (SSSR count). The Morgan fingerprint density at radius 2 is 1.86 bits per heavy atom. The zero-order valence-electron chi connectivity index (χ0n) is 19.6. The lowest BCUT2D eigenvalue weighted by Gasteiger charge is -2.14. The van der Waals surface area contributed by atoms with E-state index in [1.807, 2.05) is 18.2 Å². The van der Waals surface area contributed by atoms with Crippen molar-refractivity contribution in [1.82, 2.24) is 14.3 Å². The third-order valence-corrected chi connectivity index (χ3v) is 5.98. The van der Waals surface area contributed by atoms with Crippen LogP contribution in [0, 0.1) is 0 Å². The van der Waals surface area contributed by atoms with Gasteiger partial charge in [0.1, 0.15) is 11.4 Å². The molecule has 2 heterocycles. The molecule has 2 aromatic carbocycles. The van der Waals surface area contributed by atoms with E-state index in [2.05, 4.69) is 28.5 Å². The summed E-state index contributed by atoms with van der Waals surface area (Å²) in [5.74, 6) is 0.496. The zero-order valence-corrected chi connectivity index (χ0v) is 20.4. The molecule has 0 saturated heterocycles. The quantitative estimate of drug-likeness (QED) is 0.328. The molecule has 0 atom stereocenters. The second kappa shape index (κ2) is 11.0. The molecule has 0 spiro atoms. The number of pyridine rings is 1. The lowest BCUT2D eigenvalue weighted by Crippen LogP contribution is -2.26. The maximum absolute atomic E-state index is 13.7. The van der Waals surface area contributed by atoms with Gasteiger partial charge in [-0.15, -0.1) is 0 Å². The van der Waals surface area contributed by atoms with Crippen molar-refractivity contribution in [2.45, 2.75) is 19.8 Å². The number of ether oxygens (including phenoxy) is 2. The number of H-pyrrole nitrogens is 1. The summed E-state index contributed by atoms with van der Waals surface area (Å²) in [5.41, 5.74) is 1.71. The van der Waals surface area contributed by atoms with Crippen LogP contribution in [0.5, 0.6) is 5.75 Å². The normalized spacial score (nSPS) is 11.6. The second-order valence-electron chi connectivity index (χ2n) is 7.77. The Kier molecular flexibility index (Phi) is 7.62. The maximum Gasteiger partial charge on any atom is 0.281 e. The number of hydrogen-bond acceptors (Lipinski definition) is 6. The van der Waals surface area contributed by atoms with E-state index in [1.54, 1.807) is 30.3 Å². The summed E-state index contributed by atoms with van der Waals surface area (Å²) in [5, 5.41) is 3.89. The first-order valence-corrected chi connectivity index (χ1v) is 11.3. The maximum atomic E-state index is 13.7. The largest absolute Gasteiger partial charge is 0.494 e. The fourth-order valence-electron chi connectivity index (χ4n) is 3.89. The summed E-state index contributed by atoms with van der Waals surface area (Å²) in [6.07, 6.45) is 1.41. The third kappa shape index (κ3) is 4.93. The van der Waals surface area contributed by atoms with Crippen molar-refractivity contribution in [3.8, 4) is 11.4 Å². The topological polar surface area (TPSA) is 103 Å². The summed E-state index contributed by atoms with van der Waals surface area (Å²) in [6.45, 7) is 7.15. The van der Waals surface area contributed by atoms with Gasteiger partial charge < -0.3 is 14.0 Å². The van der Waals surface area contributed by atoms with E-state index < -0.39 is 0 Å². The molecule has 10 heteroatoms. The Morgan fingerprint density at radius 3 is 2.58 bits per heavy atom. The highest BCUT2D eigenvalue weighted by Crippen LogP contribution is 2.23. The van der Waals surface area contributed by atoms with Crippen LogP contribution in [-0.4, -0.2) is 34.9 Å². The number of allylic oxidation sites excluding steroid dienone is 1. The minimum absolute atomic E-state index is 0.0291. The molecule has 2 aromatic heterocycles. The molecule has 9 nitrogen and oxygen atoms in total. The van der Waals surface area contributed by atoms with Crippen LogP contribution in [0.25, 0.3) is 16.6 Å². The molecule has 4 aromatic rings. The summed E-state index contributed by atoms with van der Waals surface area (Å²) < 4.78 is 14.1. The SMILES string of the molecule is C=N/C=C(/Cn1c(COCc2ccccc2Cl)c2c(=O)n(-c3ccccc3OC)[nH]c2cc1=O)N=C. The van der Waals surface area contributed by atoms with E-state index in [-0.39, 0.29) is 30.9 Å². The molecule has 0 unspecified atom stereocenters. The third-order valence-electron chi connectivity index (χ3n) is 5.61. The molecule has 0 aliphatic heterocycles. The predicted molar refractivity (Wildman–Crippen MR) is 142 cm³/mol. The van der Waals surface area contributed by atoms with E-state index in [9.17, 15) is 9.59 Å². The van der Waals surface area contributed by atoms with Crippen LogP contribution in [0.3, 0.4) is 0 Å². The van der Waals surface area contributed by atoms with Gasteiger partial charge in [0, 0.05) is 17.3 Å². The molecule has 36 heavy (non-hydrogen) atoms. The van der Waals surface area contributed by atoms with Gasteiger partial charge in [0.25, 0.3) is 11.1 Å². The van der Waals surface area contributed by atoms with Crippen LogP contribution >= 0.6 is 11.6 Å². The van der Waals surface area contributed by atoms with Crippen LogP contribution in [0.1, 0.15) is 11.3 Å². The van der Waals surface area contributed by atoms with Crippen molar-refractivity contribution >= 4 is 35.9 Å². The fraction of sp³-hybridized carbons (Fsp3) is 0.154. The predicted octanol–water partition coefficient (Wildman–Crippen LogP) is 4.10. The van der Waals surface area contributed by atoms with Gasteiger partial charge in [-0.1, -0.05) is 41.9 Å². The Morgan fingerprint density at radius 1 is 1.11 bits per heavy atom. The molecule has 0 saturated carbocycles. The van der Waals surface area contributed by atoms with Gasteiger partial charge in [0.2, 0.25) is 0 Å². The lowest BCUT2D eigenvalue weighted by molar-refractivity contribution is 0.103. The van der Waals surface area contributed by atoms with Gasteiger partial charge in [0.05, 0.1) is 49.2 Å². The monoisotopic (exact) mass is 505 g/mol. The Balaban J connectivity index is 1.87. The van der Waals surface area contributed by atoms with Crippen molar-refractivity contribution in [2.75, 3.05) is 7.11 Å². The van der Waals surface area contributed by atoms with Crippen LogP contribution in [0.2, 0.25) is 5.02 Å². The highest BCUT2D eigenvalue weighted by molar-refractivity contribution is 6.31. The van der Waals surface area contributed by atoms with Gasteiger partial charge in [-0.2, -0.15) is 0 Å². The molecular formula is C26H24ClN5O4. The number of nitrogens with one attached hydrogen (secondary N) is 1. The molecular weight excluding hydrogens is 482 g/mol. The summed E-state index contributed by atoms with van der Waals surface area (Å²) in [7, 11) is 1.52. The number of rotatable bonds is 10. The number of aliphatic imine (C=N–C) groups is 2. The zero-order chi connectivity index (χ0) is 25.7. The molecule has 0 aliphatic rings. The number of hydrogen-bond donors (Lipinski definition) is 1. The molecule has 0 amide bonds. The summed E-state index contributed by atoms with van der Waals surface area (Å²) in [6, 6.07) is 15.7. The van der Waals surface area contributed by atoms with E-state index in [4.69, 9.17) is 21.1 Å². The van der Waals surface area contributed by atoms with Crippen molar-refractivity contribution in [3.05, 3.63) is 103 Å². The molecule has 0 bridgehead atoms. The number of aromatic amines is 1. The average molecular weight is 506 g/mol. The molecule has 0 radical (unpaired) electrons. The van der Waals surface area contributed by atoms with Gasteiger partial charge in [0.15, 0.2) is 0 Å². The smallest absolute Gasteiger partial charge is 0.281 e. The van der Waals surface area contributed by atoms with E-state index in [0.717, 1.165) is 5.56 Å². The highest BCUT2D eigenvalue weighted by atomic mass is 35.5. The van der Waals surface area contributed by atoms with Crippen LogP contribution < -0.4 is 15.9 Å². The Hall–Kier alpha value is -4.21. The number of methoxy groups -OCH3 is 1. The number of nitrogens with zero attached hydrogens (tertiary/aromatic N) is 4. The molecule has 184 valence electrons. The molecule has 1 N–H and O–H groups in total. The van der Waals surface area contributed by atoms with Gasteiger partial charge in [-0.25, -0.2) is 4.68 Å². The van der Waals surface area contributed by atoms with Crippen LogP contribution in [-0.2, 0) is 24.5 Å². The van der Waals surface area contributed by atoms with Gasteiger partial charge in [-0.05, 0) is 37.2 Å². The minimum atomic E-state index is -0.362. The first-order chi connectivity index (χ1) is 17.5. The van der Waals surface area contributed by atoms with E-state index in [1.165, 1.54) is 28.6 Å². The Labute approximate surface area is 211 Å². The number of halogens is 1. The second-order valence-corrected chi connectivity index (χ2v) is 8.18. The number of para-hydroxylation sites is 2. The van der Waals surface area contributed by atoms with Gasteiger partial charge >= 0.3 is 0 Å². The number of aromatic nitrogens is 3. The summed E-state index contributed by atoms with van der Waals surface area (Å²) in [4.78, 5) is 34.5. The first kappa shape index (κ1) is 24.9. The van der Waals surface area contributed by atoms with Crippen molar-refractivity contribution in [3.63, 3.8) is 0 Å². The van der Waals surface area contributed by atoms with Gasteiger partial charge in [-0.3, -0.25) is 24.7 Å². The van der Waals surface area contributed by atoms with E-state index >= 15 is 0 Å². The lowest BCUT2D eigenvalue weighted by atomic mass is 10.2. The van der Waals surface area contributed by atoms with Crippen molar-refractivity contribution in [1.29, 1.82) is 0 Å². The van der Waals surface area contributed by atoms with E-state index in [0.29, 0.717) is 38.8 Å². The average Bonchev–Trinajstić information content (AvgIpc) is 3.21. The van der Waals surface area contributed by atoms with Crippen molar-refractivity contribution in [2.24, 2.45) is 9.98 Å². The molecule has 0 aliphatic carbocycles. The number of fused-ring (bicyclic) bond motifs is 1. The number of benzene rings is 2. The van der Waals surface area contributed by atoms with Crippen molar-refractivity contribution < 1.29 is 9.47 Å². The fourth-order valence-corrected chi connectivity index (χ4v) is 4.08. The first-order valence-electron chi connectivity index (χ1n) is 10.9. The Bertz CT molecular complexity index is 1580. The van der Waals surface area contributed by atoms with Crippen LogP contribution in [0.15, 0.2) is 86.1 Å². The standard InChI is InChI=1S/C26H24ClN5O4/c1-28-13-18(29-2)14-31-22(16-36-15-17-8-4-5-9-19(17)27)25-20(12-24(31)33)30-32(26(25)34)21-10-6-7-11-23(21)35-3/h4-13,30H,1-2,14-16H2,3H3/b18-13-. The van der Waals surface area contributed by atoms with Crippen LogP contribution in [0.4, 0.5) is 0 Å². The minimum Gasteiger partial charge on any atom is -0.494 e. The summed E-state index contributed by atoms with van der Waals surface area (Å²) >= 11 is 6.26.